The van der Waals surface area contributed by atoms with Crippen molar-refractivity contribution in [1.29, 1.82) is 0 Å². The van der Waals surface area contributed by atoms with Gasteiger partial charge in [-0.1, -0.05) is 29.4 Å². The number of Topliss-reactive ketones (excluding diaryl/α,β-unsaturated/α-hetero) is 2. The first kappa shape index (κ1) is 48.7. The Kier molecular flexibility index (Phi) is 12.8. The predicted molar refractivity (Wildman–Crippen MR) is 222 cm³/mol. The Morgan fingerprint density at radius 1 is 0.952 bits per heavy atom. The number of hydrogen-bond acceptors (Lipinski definition) is 15. The molecule has 346 valence electrons. The van der Waals surface area contributed by atoms with Crippen molar-refractivity contribution in [2.24, 2.45) is 23.7 Å². The minimum Gasteiger partial charge on any atom is -0.482 e. The number of fused-ring (bicyclic) bond motifs is 2. The maximum atomic E-state index is 15.8. The molecule has 9 atom stereocenters. The van der Waals surface area contributed by atoms with Crippen LogP contribution in [-0.4, -0.2) is 78.1 Å². The minimum absolute atomic E-state index is 0.00914. The normalized spacial score (nSPS) is 30.7. The minimum atomic E-state index is -6.09. The van der Waals surface area contributed by atoms with Crippen LogP contribution in [0.4, 0.5) is 0 Å². The van der Waals surface area contributed by atoms with Crippen LogP contribution in [0.25, 0.3) is 6.08 Å². The van der Waals surface area contributed by atoms with Crippen LogP contribution in [0.1, 0.15) is 103 Å². The highest BCUT2D eigenvalue weighted by atomic mass is 31.3. The molecule has 0 aromatic heterocycles. The van der Waals surface area contributed by atoms with E-state index >= 15 is 9.59 Å². The molecule has 1 saturated heterocycles. The van der Waals surface area contributed by atoms with Gasteiger partial charge in [-0.2, -0.15) is 8.62 Å². The van der Waals surface area contributed by atoms with E-state index < -0.39 is 110 Å². The molecule has 9 unspecified atom stereocenters. The molecule has 4 bridgehead atoms. The average molecular weight is 944 g/mol. The standard InChI is InChI=1S/C40H52NO19P3/c1-21(2)11-10-16-38(8)17-15-25-32(55-38)24(13-12-22(3)4)33-29(34(25)57-62(50,51)60-63(52,53)59-61(47,48)49)31(42)30-27(20-41(45)46)26-19-28-37(6,7)58-39(35(26)43,40(28,30)56-33)18-14-23(5)36(44)54-9/h11-12,14-15,17,26-28,30H,10,13,16,18-20H2,1-9H3,(H,50,51)(H,52,53)(H2,47,48,49). The fourth-order valence-corrected chi connectivity index (χ4v) is 13.1. The van der Waals surface area contributed by atoms with Gasteiger partial charge in [0.15, 0.2) is 28.5 Å². The number of rotatable bonds is 16. The van der Waals surface area contributed by atoms with E-state index in [1.54, 1.807) is 46.8 Å². The summed E-state index contributed by atoms with van der Waals surface area (Å²) in [5.74, 6) is -8.28. The van der Waals surface area contributed by atoms with Gasteiger partial charge in [-0.05, 0) is 93.2 Å². The molecule has 1 aromatic rings. The summed E-state index contributed by atoms with van der Waals surface area (Å²) in [5.41, 5.74) is -5.00. The van der Waals surface area contributed by atoms with Gasteiger partial charge in [-0.25, -0.2) is 18.5 Å². The van der Waals surface area contributed by atoms with Gasteiger partial charge in [-0.3, -0.25) is 24.6 Å². The zero-order valence-electron chi connectivity index (χ0n) is 36.1. The average Bonchev–Trinajstić information content (AvgIpc) is 3.26. The number of phosphoric ester groups is 1. The summed E-state index contributed by atoms with van der Waals surface area (Å²) in [6.07, 6.45) is 8.81. The molecule has 3 saturated carbocycles. The number of phosphoric acid groups is 3. The summed E-state index contributed by atoms with van der Waals surface area (Å²) in [5, 5.41) is 12.4. The van der Waals surface area contributed by atoms with Crippen LogP contribution in [0.2, 0.25) is 0 Å². The molecular weight excluding hydrogens is 891 g/mol. The fourth-order valence-electron chi connectivity index (χ4n) is 9.99. The molecule has 3 aliphatic carbocycles. The van der Waals surface area contributed by atoms with Crippen LogP contribution in [0.15, 0.2) is 41.0 Å². The third kappa shape index (κ3) is 8.84. The zero-order chi connectivity index (χ0) is 47.0. The van der Waals surface area contributed by atoms with Gasteiger partial charge < -0.3 is 38.2 Å². The number of carbonyl (C=O) groups excluding carboxylic acids is 3. The Morgan fingerprint density at radius 2 is 1.60 bits per heavy atom. The topological polar surface area (TPSA) is 291 Å². The molecule has 4 N–H and O–H groups in total. The van der Waals surface area contributed by atoms with Crippen molar-refractivity contribution in [2.75, 3.05) is 13.7 Å². The highest BCUT2D eigenvalue weighted by Gasteiger charge is 2.86. The molecule has 7 rings (SSSR count). The second-order valence-electron chi connectivity index (χ2n) is 17.8. The van der Waals surface area contributed by atoms with E-state index in [1.807, 2.05) is 19.9 Å². The number of methoxy groups -OCH3 is 1. The third-order valence-corrected chi connectivity index (χ3v) is 16.1. The van der Waals surface area contributed by atoms with Crippen molar-refractivity contribution >= 4 is 47.1 Å². The maximum Gasteiger partial charge on any atom is 0.536 e. The van der Waals surface area contributed by atoms with E-state index in [9.17, 15) is 48.2 Å². The maximum absolute atomic E-state index is 15.8. The molecule has 3 heterocycles. The predicted octanol–water partition coefficient (Wildman–Crippen LogP) is 6.91. The van der Waals surface area contributed by atoms with Gasteiger partial charge >= 0.3 is 29.4 Å². The molecule has 0 amide bonds. The van der Waals surface area contributed by atoms with E-state index in [4.69, 9.17) is 23.5 Å². The Morgan fingerprint density at radius 3 is 2.19 bits per heavy atom. The largest absolute Gasteiger partial charge is 0.536 e. The van der Waals surface area contributed by atoms with E-state index in [2.05, 4.69) is 8.62 Å². The molecule has 1 aromatic carbocycles. The van der Waals surface area contributed by atoms with Gasteiger partial charge in [0.1, 0.15) is 22.7 Å². The van der Waals surface area contributed by atoms with Crippen molar-refractivity contribution in [3.8, 4) is 17.2 Å². The smallest absolute Gasteiger partial charge is 0.482 e. The lowest BCUT2D eigenvalue weighted by molar-refractivity contribution is -0.494. The molecule has 23 heteroatoms. The fraction of sp³-hybridized carbons (Fsp3) is 0.575. The summed E-state index contributed by atoms with van der Waals surface area (Å²) in [6.45, 7) is 13.2. The van der Waals surface area contributed by atoms with E-state index in [1.165, 1.54) is 26.2 Å². The Balaban J connectivity index is 1.70. The van der Waals surface area contributed by atoms with E-state index in [0.29, 0.717) is 12.8 Å². The van der Waals surface area contributed by atoms with Crippen LogP contribution < -0.4 is 14.0 Å². The van der Waals surface area contributed by atoms with Gasteiger partial charge in [0.25, 0.3) is 0 Å². The number of nitrogens with zero attached hydrogens (tertiary/aromatic N) is 1. The van der Waals surface area contributed by atoms with Crippen molar-refractivity contribution in [3.05, 3.63) is 67.8 Å². The van der Waals surface area contributed by atoms with Crippen LogP contribution >= 0.6 is 23.5 Å². The van der Waals surface area contributed by atoms with Crippen molar-refractivity contribution < 1.29 is 84.7 Å². The van der Waals surface area contributed by atoms with Crippen molar-refractivity contribution in [1.82, 2.24) is 0 Å². The number of nitro groups is 1. The SMILES string of the molecule is COC(=O)C(C)=CCC12OC(C)(C)C3CC(C1=O)C(C[N+](=O)[O-])C1C(=O)c4c(OP(=O)(O)OP(=O)(O)OP(=O)(O)O)c5c(c(CC=C(C)C)c4OC132)OC(C)(CCC=C(C)C)C=C5. The molecule has 1 spiro atoms. The molecule has 4 fully saturated rings. The van der Waals surface area contributed by atoms with Crippen LogP contribution in [0, 0.1) is 33.8 Å². The van der Waals surface area contributed by atoms with Crippen LogP contribution in [0.5, 0.6) is 17.2 Å². The number of hydrogen-bond donors (Lipinski definition) is 4. The molecule has 20 nitrogen and oxygen atoms in total. The third-order valence-electron chi connectivity index (χ3n) is 12.4. The lowest BCUT2D eigenvalue weighted by atomic mass is 9.43. The van der Waals surface area contributed by atoms with E-state index in [0.717, 1.165) is 11.1 Å². The number of allylic oxidation sites excluding steroid dienone is 4. The van der Waals surface area contributed by atoms with Crippen LogP contribution in [0.3, 0.4) is 0 Å². The molecule has 6 aliphatic rings. The molecule has 0 radical (unpaired) electrons. The second kappa shape index (κ2) is 16.6. The summed E-state index contributed by atoms with van der Waals surface area (Å²) < 4.78 is 77.1. The summed E-state index contributed by atoms with van der Waals surface area (Å²) in [6, 6.07) is 0. The Bertz CT molecular complexity index is 2430. The lowest BCUT2D eigenvalue weighted by Gasteiger charge is -2.62. The van der Waals surface area contributed by atoms with Crippen LogP contribution in [-0.2, 0) is 47.8 Å². The lowest BCUT2D eigenvalue weighted by Crippen LogP contribution is -2.79. The van der Waals surface area contributed by atoms with Gasteiger partial charge in [-0.15, -0.1) is 0 Å². The Labute approximate surface area is 363 Å². The summed E-state index contributed by atoms with van der Waals surface area (Å²) in [4.78, 5) is 94.8. The number of benzene rings is 1. The number of carbonyl (C=O) groups is 3. The van der Waals surface area contributed by atoms with E-state index in [-0.39, 0.29) is 47.5 Å². The summed E-state index contributed by atoms with van der Waals surface area (Å²) in [7, 11) is -16.8. The summed E-state index contributed by atoms with van der Waals surface area (Å²) >= 11 is 0. The monoisotopic (exact) mass is 943 g/mol. The van der Waals surface area contributed by atoms with Crippen molar-refractivity contribution in [3.63, 3.8) is 0 Å². The second-order valence-corrected chi connectivity index (χ2v) is 22.1. The zero-order valence-corrected chi connectivity index (χ0v) is 38.8. The number of esters is 1. The number of ether oxygens (including phenoxy) is 4. The highest BCUT2D eigenvalue weighted by molar-refractivity contribution is 7.66. The highest BCUT2D eigenvalue weighted by Crippen LogP contribution is 2.73. The molecule has 63 heavy (non-hydrogen) atoms. The molecular formula is C40H52NO19P3. The first-order chi connectivity index (χ1) is 28.9. The number of ketones is 2. The molecule has 3 aliphatic heterocycles. The first-order valence-corrected chi connectivity index (χ1v) is 24.5. The first-order valence-electron chi connectivity index (χ1n) is 20.0. The van der Waals surface area contributed by atoms with Gasteiger partial charge in [0.2, 0.25) is 6.54 Å². The van der Waals surface area contributed by atoms with Gasteiger partial charge in [0.05, 0.1) is 24.2 Å². The van der Waals surface area contributed by atoms with Crippen molar-refractivity contribution in [2.45, 2.75) is 110 Å². The van der Waals surface area contributed by atoms with Gasteiger partial charge in [0, 0.05) is 40.2 Å². The quantitative estimate of drug-likeness (QED) is 0.0327. The Hall–Kier alpha value is -3.80.